The molecule has 1 heterocycles. The van der Waals surface area contributed by atoms with E-state index >= 15 is 0 Å². The lowest BCUT2D eigenvalue weighted by Gasteiger charge is -2.19. The first-order valence-corrected chi connectivity index (χ1v) is 8.31. The summed E-state index contributed by atoms with van der Waals surface area (Å²) in [5, 5.41) is -0.0853. The van der Waals surface area contributed by atoms with E-state index in [4.69, 9.17) is 11.6 Å². The van der Waals surface area contributed by atoms with Gasteiger partial charge in [0.2, 0.25) is 0 Å². The minimum absolute atomic E-state index is 0.0853. The van der Waals surface area contributed by atoms with Crippen LogP contribution in [0.1, 0.15) is 32.0 Å². The molecule has 2 rings (SSSR count). The van der Waals surface area contributed by atoms with Crippen LogP contribution in [0.4, 0.5) is 0 Å². The Bertz CT molecular complexity index is 576. The van der Waals surface area contributed by atoms with E-state index in [1.807, 2.05) is 13.0 Å². The Labute approximate surface area is 134 Å². The van der Waals surface area contributed by atoms with Gasteiger partial charge in [0, 0.05) is 17.6 Å². The molecule has 2 aromatic rings. The second kappa shape index (κ2) is 6.92. The van der Waals surface area contributed by atoms with Gasteiger partial charge in [-0.05, 0) is 38.2 Å². The Balaban J connectivity index is 2.36. The van der Waals surface area contributed by atoms with Crippen molar-refractivity contribution >= 4 is 38.6 Å². The average Bonchev–Trinajstić information content (AvgIpc) is 2.78. The monoisotopic (exact) mass is 357 g/mol. The zero-order valence-corrected chi connectivity index (χ0v) is 14.6. The van der Waals surface area contributed by atoms with Gasteiger partial charge in [0.25, 0.3) is 0 Å². The number of aromatic nitrogens is 2. The van der Waals surface area contributed by atoms with Crippen molar-refractivity contribution in [2.24, 2.45) is 0 Å². The van der Waals surface area contributed by atoms with Gasteiger partial charge in [0.15, 0.2) is 0 Å². The Morgan fingerprint density at radius 2 is 2.05 bits per heavy atom. The number of fused-ring (bicyclic) bond motifs is 1. The fourth-order valence-electron chi connectivity index (χ4n) is 2.44. The molecule has 0 fully saturated rings. The van der Waals surface area contributed by atoms with Crippen molar-refractivity contribution in [3.05, 3.63) is 28.5 Å². The summed E-state index contributed by atoms with van der Waals surface area (Å²) in [5.74, 6) is 0.951. The van der Waals surface area contributed by atoms with Crippen LogP contribution in [0.15, 0.2) is 22.7 Å². The van der Waals surface area contributed by atoms with Crippen LogP contribution in [-0.2, 0) is 6.54 Å². The van der Waals surface area contributed by atoms with E-state index < -0.39 is 0 Å². The minimum atomic E-state index is -0.0853. The van der Waals surface area contributed by atoms with Crippen molar-refractivity contribution < 1.29 is 0 Å². The van der Waals surface area contributed by atoms with Gasteiger partial charge in [0.05, 0.1) is 16.4 Å². The highest BCUT2D eigenvalue weighted by Crippen LogP contribution is 2.26. The van der Waals surface area contributed by atoms with Gasteiger partial charge in [-0.3, -0.25) is 0 Å². The molecule has 1 unspecified atom stereocenters. The van der Waals surface area contributed by atoms with E-state index in [1.54, 1.807) is 0 Å². The zero-order chi connectivity index (χ0) is 14.7. The maximum Gasteiger partial charge on any atom is 0.127 e. The van der Waals surface area contributed by atoms with Crippen molar-refractivity contribution in [3.8, 4) is 0 Å². The van der Waals surface area contributed by atoms with Gasteiger partial charge < -0.3 is 9.47 Å². The fraction of sp³-hybridized carbons (Fsp3) is 0.533. The highest BCUT2D eigenvalue weighted by Gasteiger charge is 2.15. The number of alkyl halides is 1. The van der Waals surface area contributed by atoms with Crippen LogP contribution in [0, 0.1) is 0 Å². The smallest absolute Gasteiger partial charge is 0.127 e. The van der Waals surface area contributed by atoms with Crippen LogP contribution in [0.2, 0.25) is 0 Å². The second-order valence-corrected chi connectivity index (χ2v) is 6.47. The Hall–Kier alpha value is -0.580. The molecule has 0 amide bonds. The molecule has 110 valence electrons. The molecular weight excluding hydrogens is 338 g/mol. The molecular formula is C15H21BrClN3. The number of hydrogen-bond donors (Lipinski definition) is 0. The highest BCUT2D eigenvalue weighted by atomic mass is 79.9. The summed E-state index contributed by atoms with van der Waals surface area (Å²) in [7, 11) is 0. The summed E-state index contributed by atoms with van der Waals surface area (Å²) in [5.41, 5.74) is 2.16. The molecule has 0 aliphatic heterocycles. The maximum atomic E-state index is 6.29. The number of nitrogens with zero attached hydrogens (tertiary/aromatic N) is 3. The Morgan fingerprint density at radius 1 is 1.35 bits per heavy atom. The predicted octanol–water partition coefficient (Wildman–Crippen LogP) is 4.44. The molecule has 20 heavy (non-hydrogen) atoms. The van der Waals surface area contributed by atoms with E-state index in [2.05, 4.69) is 56.4 Å². The van der Waals surface area contributed by atoms with Crippen molar-refractivity contribution in [2.45, 2.75) is 32.7 Å². The summed E-state index contributed by atoms with van der Waals surface area (Å²) in [6.07, 6.45) is 0. The first kappa shape index (κ1) is 15.8. The van der Waals surface area contributed by atoms with E-state index in [9.17, 15) is 0 Å². The largest absolute Gasteiger partial charge is 0.325 e. The summed E-state index contributed by atoms with van der Waals surface area (Å²) in [6.45, 7) is 10.4. The standard InChI is InChI=1S/C15H21BrClN3/c1-4-19(5-2)8-9-20-14-7-6-12(16)10-13(14)18-15(20)11(3)17/h6-7,10-11H,4-5,8-9H2,1-3H3. The quantitative estimate of drug-likeness (QED) is 0.712. The molecule has 1 aromatic heterocycles. The van der Waals surface area contributed by atoms with Crippen LogP contribution < -0.4 is 0 Å². The highest BCUT2D eigenvalue weighted by molar-refractivity contribution is 9.10. The lowest BCUT2D eigenvalue weighted by Crippen LogP contribution is -2.27. The van der Waals surface area contributed by atoms with Crippen molar-refractivity contribution in [3.63, 3.8) is 0 Å². The predicted molar refractivity (Wildman–Crippen MR) is 89.5 cm³/mol. The Kier molecular flexibility index (Phi) is 5.47. The molecule has 0 aliphatic carbocycles. The van der Waals surface area contributed by atoms with Gasteiger partial charge in [0.1, 0.15) is 5.82 Å². The number of hydrogen-bond acceptors (Lipinski definition) is 2. The normalized spacial score (nSPS) is 13.3. The molecule has 1 aromatic carbocycles. The van der Waals surface area contributed by atoms with Crippen molar-refractivity contribution in [1.82, 2.24) is 14.5 Å². The van der Waals surface area contributed by atoms with E-state index in [0.717, 1.165) is 47.5 Å². The van der Waals surface area contributed by atoms with Crippen LogP contribution in [0.3, 0.4) is 0 Å². The first-order chi connectivity index (χ1) is 9.56. The van der Waals surface area contributed by atoms with Crippen LogP contribution in [-0.4, -0.2) is 34.1 Å². The summed E-state index contributed by atoms with van der Waals surface area (Å²) < 4.78 is 3.30. The molecule has 5 heteroatoms. The van der Waals surface area contributed by atoms with Crippen LogP contribution in [0.5, 0.6) is 0 Å². The fourth-order valence-corrected chi connectivity index (χ4v) is 2.96. The topological polar surface area (TPSA) is 21.1 Å². The van der Waals surface area contributed by atoms with Gasteiger partial charge in [-0.1, -0.05) is 29.8 Å². The zero-order valence-electron chi connectivity index (χ0n) is 12.2. The number of benzene rings is 1. The SMILES string of the molecule is CCN(CC)CCn1c(C(C)Cl)nc2cc(Br)ccc21. The molecule has 0 saturated carbocycles. The third-order valence-electron chi connectivity index (χ3n) is 3.63. The maximum absolute atomic E-state index is 6.29. The van der Waals surface area contributed by atoms with Gasteiger partial charge in [-0.15, -0.1) is 11.6 Å². The lowest BCUT2D eigenvalue weighted by molar-refractivity contribution is 0.290. The van der Waals surface area contributed by atoms with Gasteiger partial charge in [-0.2, -0.15) is 0 Å². The minimum Gasteiger partial charge on any atom is -0.325 e. The number of halogens is 2. The number of likely N-dealkylation sites (N-methyl/N-ethyl adjacent to an activating group) is 1. The summed E-state index contributed by atoms with van der Waals surface area (Å²) >= 11 is 9.79. The second-order valence-electron chi connectivity index (χ2n) is 4.90. The van der Waals surface area contributed by atoms with Gasteiger partial charge >= 0.3 is 0 Å². The summed E-state index contributed by atoms with van der Waals surface area (Å²) in [6, 6.07) is 6.21. The Morgan fingerprint density at radius 3 is 2.65 bits per heavy atom. The third kappa shape index (κ3) is 3.35. The molecule has 3 nitrogen and oxygen atoms in total. The van der Waals surface area contributed by atoms with E-state index in [0.29, 0.717) is 0 Å². The number of imidazole rings is 1. The lowest BCUT2D eigenvalue weighted by atomic mass is 10.3. The molecule has 1 atom stereocenters. The molecule has 0 saturated heterocycles. The van der Waals surface area contributed by atoms with E-state index in [1.165, 1.54) is 0 Å². The van der Waals surface area contributed by atoms with Crippen LogP contribution in [0.25, 0.3) is 11.0 Å². The molecule has 0 spiro atoms. The van der Waals surface area contributed by atoms with Crippen molar-refractivity contribution in [2.75, 3.05) is 19.6 Å². The summed E-state index contributed by atoms with van der Waals surface area (Å²) in [4.78, 5) is 7.10. The molecule has 0 radical (unpaired) electrons. The molecule has 0 N–H and O–H groups in total. The molecule has 0 bridgehead atoms. The first-order valence-electron chi connectivity index (χ1n) is 7.08. The van der Waals surface area contributed by atoms with Crippen LogP contribution >= 0.6 is 27.5 Å². The van der Waals surface area contributed by atoms with Crippen molar-refractivity contribution in [1.29, 1.82) is 0 Å². The molecule has 0 aliphatic rings. The number of rotatable bonds is 6. The van der Waals surface area contributed by atoms with E-state index in [-0.39, 0.29) is 5.38 Å². The third-order valence-corrected chi connectivity index (χ3v) is 4.32. The average molecular weight is 359 g/mol. The van der Waals surface area contributed by atoms with Gasteiger partial charge in [-0.25, -0.2) is 4.98 Å².